The van der Waals surface area contributed by atoms with Crippen molar-refractivity contribution in [1.29, 1.82) is 0 Å². The van der Waals surface area contributed by atoms with E-state index in [1.165, 1.54) is 6.07 Å². The molecule has 6 heteroatoms. The number of rotatable bonds is 5. The fourth-order valence-electron chi connectivity index (χ4n) is 1.13. The Kier molecular flexibility index (Phi) is 4.14. The number of aromatic nitrogens is 1. The van der Waals surface area contributed by atoms with Gasteiger partial charge in [0, 0.05) is 17.3 Å². The summed E-state index contributed by atoms with van der Waals surface area (Å²) in [5.41, 5.74) is 0.574. The van der Waals surface area contributed by atoms with Crippen LogP contribution in [0, 0.1) is 0 Å². The number of alkyl halides is 2. The van der Waals surface area contributed by atoms with Crippen LogP contribution in [0.3, 0.4) is 0 Å². The first-order valence-corrected chi connectivity index (χ1v) is 4.70. The summed E-state index contributed by atoms with van der Waals surface area (Å²) in [5, 5.41) is 10.6. The van der Waals surface area contributed by atoms with E-state index in [9.17, 15) is 18.7 Å². The van der Waals surface area contributed by atoms with Gasteiger partial charge in [-0.3, -0.25) is 0 Å². The first-order chi connectivity index (χ1) is 7.91. The van der Waals surface area contributed by atoms with Gasteiger partial charge in [-0.15, -0.1) is 0 Å². The van der Waals surface area contributed by atoms with E-state index >= 15 is 0 Å². The number of ether oxygens (including phenoxy) is 1. The fourth-order valence-corrected chi connectivity index (χ4v) is 1.13. The number of carbonyl (C=O) groups is 1. The van der Waals surface area contributed by atoms with Gasteiger partial charge < -0.3 is 14.6 Å². The van der Waals surface area contributed by atoms with E-state index in [1.807, 2.05) is 0 Å². The minimum atomic E-state index is -2.63. The highest BCUT2D eigenvalue weighted by atomic mass is 19.3. The lowest BCUT2D eigenvalue weighted by Gasteiger charge is -2.12. The van der Waals surface area contributed by atoms with Crippen LogP contribution in [0.15, 0.2) is 18.8 Å². The molecule has 0 N–H and O–H groups in total. The molecule has 1 rings (SSSR count). The summed E-state index contributed by atoms with van der Waals surface area (Å²) in [4.78, 5) is 14.3. The molecule has 0 spiro atoms. The molecule has 1 aromatic rings. The molecule has 1 aromatic heterocycles. The number of hydrogen-bond acceptors (Lipinski definition) is 4. The monoisotopic (exact) mass is 242 g/mol. The zero-order valence-electron chi connectivity index (χ0n) is 9.07. The van der Waals surface area contributed by atoms with Gasteiger partial charge in [-0.2, -0.15) is 0 Å². The van der Waals surface area contributed by atoms with Crippen molar-refractivity contribution in [2.45, 2.75) is 13.3 Å². The van der Waals surface area contributed by atoms with Gasteiger partial charge in [0.25, 0.3) is 6.43 Å². The number of carboxylic acid groups (broad SMARTS) is 1. The van der Waals surface area contributed by atoms with Gasteiger partial charge in [-0.25, -0.2) is 13.8 Å². The van der Waals surface area contributed by atoms with Gasteiger partial charge in [-0.05, 0) is 18.6 Å². The summed E-state index contributed by atoms with van der Waals surface area (Å²) in [7, 11) is 0. The molecule has 0 unspecified atom stereocenters. The van der Waals surface area contributed by atoms with Crippen molar-refractivity contribution in [1.82, 2.24) is 4.98 Å². The lowest BCUT2D eigenvalue weighted by atomic mass is 10.1. The Bertz CT molecular complexity index is 446. The minimum absolute atomic E-state index is 0.0669. The molecule has 0 bridgehead atoms. The molecular formula is C11H10F2NO3-. The molecule has 0 fully saturated rings. The maximum atomic E-state index is 12.0. The Labute approximate surface area is 96.6 Å². The zero-order chi connectivity index (χ0) is 13.0. The predicted octanol–water partition coefficient (Wildman–Crippen LogP) is 1.12. The molecule has 17 heavy (non-hydrogen) atoms. The van der Waals surface area contributed by atoms with E-state index in [-0.39, 0.29) is 17.0 Å². The third-order valence-corrected chi connectivity index (χ3v) is 1.89. The molecule has 0 radical (unpaired) electrons. The van der Waals surface area contributed by atoms with Crippen LogP contribution in [0.2, 0.25) is 0 Å². The Morgan fingerprint density at radius 1 is 1.65 bits per heavy atom. The number of carbonyl (C=O) groups excluding carboxylic acids is 1. The smallest absolute Gasteiger partial charge is 0.272 e. The highest BCUT2D eigenvalue weighted by Gasteiger charge is 2.11. The molecule has 0 aliphatic carbocycles. The van der Waals surface area contributed by atoms with Gasteiger partial charge in [0.1, 0.15) is 0 Å². The first-order valence-electron chi connectivity index (χ1n) is 4.70. The van der Waals surface area contributed by atoms with E-state index < -0.39 is 19.0 Å². The summed E-state index contributed by atoms with van der Waals surface area (Å²) in [6, 6.07) is 1.23. The van der Waals surface area contributed by atoms with Crippen molar-refractivity contribution in [3.63, 3.8) is 0 Å². The van der Waals surface area contributed by atoms with Crippen LogP contribution in [0.4, 0.5) is 8.78 Å². The first kappa shape index (κ1) is 13.1. The second-order valence-corrected chi connectivity index (χ2v) is 3.35. The second-order valence-electron chi connectivity index (χ2n) is 3.35. The third-order valence-electron chi connectivity index (χ3n) is 1.89. The van der Waals surface area contributed by atoms with Crippen LogP contribution in [0.5, 0.6) is 5.88 Å². The van der Waals surface area contributed by atoms with Gasteiger partial charge >= 0.3 is 0 Å². The molecule has 0 atom stereocenters. The number of allylic oxidation sites excluding steroid dienone is 1. The Hall–Kier alpha value is -1.98. The maximum Gasteiger partial charge on any atom is 0.272 e. The minimum Gasteiger partial charge on any atom is -0.545 e. The average molecular weight is 242 g/mol. The molecule has 0 aliphatic rings. The van der Waals surface area contributed by atoms with E-state index in [4.69, 9.17) is 4.74 Å². The molecule has 0 saturated heterocycles. The molecule has 1 heterocycles. The fraction of sp³-hybridized carbons (Fsp3) is 0.273. The number of aromatic carboxylic acids is 1. The van der Waals surface area contributed by atoms with E-state index in [0.29, 0.717) is 5.57 Å². The summed E-state index contributed by atoms with van der Waals surface area (Å²) in [6.07, 6.45) is -1.64. The molecule has 92 valence electrons. The quantitative estimate of drug-likeness (QED) is 0.776. The number of hydrogen-bond donors (Lipinski definition) is 0. The van der Waals surface area contributed by atoms with Crippen LogP contribution in [0.1, 0.15) is 22.8 Å². The van der Waals surface area contributed by atoms with Gasteiger partial charge in [0.2, 0.25) is 5.88 Å². The average Bonchev–Trinajstić information content (AvgIpc) is 2.25. The molecule has 4 nitrogen and oxygen atoms in total. The SMILES string of the molecule is C=C(C)c1cc(C(=O)[O-])cnc1OCC(F)F. The molecule has 0 amide bonds. The Balaban J connectivity index is 3.04. The highest BCUT2D eigenvalue weighted by molar-refractivity contribution is 5.87. The van der Waals surface area contributed by atoms with Crippen molar-refractivity contribution in [3.8, 4) is 5.88 Å². The molecular weight excluding hydrogens is 232 g/mol. The standard InChI is InChI=1S/C11H11F2NO3/c1-6(2)8-3-7(11(15)16)4-14-10(8)17-5-9(12)13/h3-4,9H,1,5H2,2H3,(H,15,16)/p-1. The van der Waals surface area contributed by atoms with Gasteiger partial charge in [0.15, 0.2) is 6.61 Å². The van der Waals surface area contributed by atoms with E-state index in [1.54, 1.807) is 6.92 Å². The number of halogens is 2. The van der Waals surface area contributed by atoms with Crippen molar-refractivity contribution in [3.05, 3.63) is 30.0 Å². The van der Waals surface area contributed by atoms with Crippen LogP contribution in [-0.2, 0) is 0 Å². The van der Waals surface area contributed by atoms with Crippen LogP contribution >= 0.6 is 0 Å². The molecule has 0 saturated carbocycles. The van der Waals surface area contributed by atoms with Crippen LogP contribution < -0.4 is 9.84 Å². The lowest BCUT2D eigenvalue weighted by molar-refractivity contribution is -0.255. The molecule has 0 aliphatic heterocycles. The van der Waals surface area contributed by atoms with Crippen molar-refractivity contribution < 1.29 is 23.4 Å². The van der Waals surface area contributed by atoms with Gasteiger partial charge in [0.05, 0.1) is 5.97 Å². The predicted molar refractivity (Wildman–Crippen MR) is 54.8 cm³/mol. The summed E-state index contributed by atoms with van der Waals surface area (Å²) >= 11 is 0. The van der Waals surface area contributed by atoms with E-state index in [0.717, 1.165) is 6.20 Å². The highest BCUT2D eigenvalue weighted by Crippen LogP contribution is 2.23. The largest absolute Gasteiger partial charge is 0.545 e. The third kappa shape index (κ3) is 3.51. The molecule has 0 aromatic carbocycles. The normalized spacial score (nSPS) is 10.4. The zero-order valence-corrected chi connectivity index (χ0v) is 9.07. The van der Waals surface area contributed by atoms with Crippen molar-refractivity contribution in [2.75, 3.05) is 6.61 Å². The maximum absolute atomic E-state index is 12.0. The van der Waals surface area contributed by atoms with Crippen LogP contribution in [-0.4, -0.2) is 24.0 Å². The lowest BCUT2D eigenvalue weighted by Crippen LogP contribution is -2.22. The van der Waals surface area contributed by atoms with Crippen molar-refractivity contribution >= 4 is 11.5 Å². The summed E-state index contributed by atoms with van der Waals surface area (Å²) in [6.45, 7) is 4.37. The Morgan fingerprint density at radius 3 is 2.76 bits per heavy atom. The topological polar surface area (TPSA) is 62.2 Å². The van der Waals surface area contributed by atoms with Crippen LogP contribution in [0.25, 0.3) is 5.57 Å². The summed E-state index contributed by atoms with van der Waals surface area (Å²) in [5.74, 6) is -1.47. The number of pyridine rings is 1. The number of nitrogens with zero attached hydrogens (tertiary/aromatic N) is 1. The van der Waals surface area contributed by atoms with Crippen molar-refractivity contribution in [2.24, 2.45) is 0 Å². The van der Waals surface area contributed by atoms with E-state index in [2.05, 4.69) is 11.6 Å². The second kappa shape index (κ2) is 5.38. The van der Waals surface area contributed by atoms with Gasteiger partial charge in [-0.1, -0.05) is 6.58 Å². The summed E-state index contributed by atoms with van der Waals surface area (Å²) < 4.78 is 28.7. The Morgan fingerprint density at radius 2 is 2.29 bits per heavy atom. The number of carboxylic acids is 1.